The van der Waals surface area contributed by atoms with Gasteiger partial charge in [0.05, 0.1) is 11.2 Å². The molecule has 2 aromatic rings. The van der Waals surface area contributed by atoms with Gasteiger partial charge in [-0.15, -0.1) is 0 Å². The first-order valence-electron chi connectivity index (χ1n) is 14.4. The number of carbonyl (C=O) groups excluding carboxylic acids is 1. The van der Waals surface area contributed by atoms with E-state index in [2.05, 4.69) is 67.3 Å². The highest BCUT2D eigenvalue weighted by Crippen LogP contribution is 2.46. The van der Waals surface area contributed by atoms with Crippen LogP contribution < -0.4 is 4.90 Å². The van der Waals surface area contributed by atoms with Gasteiger partial charge in [0.2, 0.25) is 5.91 Å². The number of rotatable bonds is 8. The van der Waals surface area contributed by atoms with Crippen molar-refractivity contribution in [1.82, 2.24) is 19.8 Å². The van der Waals surface area contributed by atoms with Crippen molar-refractivity contribution in [2.45, 2.75) is 72.5 Å². The largest absolute Gasteiger partial charge is 0.353 e. The molecule has 2 aliphatic rings. The van der Waals surface area contributed by atoms with Crippen LogP contribution in [0.3, 0.4) is 0 Å². The number of nitrogens with zero attached hydrogens (tertiary/aromatic N) is 7. The van der Waals surface area contributed by atoms with Crippen LogP contribution in [0.4, 0.5) is 5.82 Å². The number of carbonyl (C=O) groups is 1. The molecule has 0 N–H and O–H groups in total. The standard InChI is InChI=1S/C33H41N7O/c1-8-12-31(38-17-18-39(24(5)41)27(10-3)22-38)36-20-25(9-2)29-15-14-28-23(4)33(6,7)40(32(28)37-29)21-26-13-11-16-35-30(26)19-34/h9,11-16,20,27H,4,8,10,17-18,21-22H2,1-3,5-7H3/b25-9+,31-12-,36-20-. The second-order valence-electron chi connectivity index (χ2n) is 11.0. The Balaban J connectivity index is 1.63. The molecule has 2 aliphatic heterocycles. The van der Waals surface area contributed by atoms with E-state index in [4.69, 9.17) is 9.98 Å². The van der Waals surface area contributed by atoms with Gasteiger partial charge in [-0.2, -0.15) is 5.26 Å². The van der Waals surface area contributed by atoms with Crippen molar-refractivity contribution in [3.05, 3.63) is 77.5 Å². The zero-order valence-electron chi connectivity index (χ0n) is 25.2. The lowest BCUT2D eigenvalue weighted by atomic mass is 9.93. The van der Waals surface area contributed by atoms with Crippen molar-refractivity contribution >= 4 is 29.1 Å². The van der Waals surface area contributed by atoms with E-state index in [0.717, 1.165) is 65.5 Å². The molecule has 2 aromatic heterocycles. The third-order valence-electron chi connectivity index (χ3n) is 8.21. The molecule has 1 saturated heterocycles. The molecule has 0 bridgehead atoms. The number of anilines is 1. The summed E-state index contributed by atoms with van der Waals surface area (Å²) in [5.41, 5.74) is 4.63. The zero-order valence-corrected chi connectivity index (χ0v) is 25.2. The number of pyridine rings is 2. The first-order chi connectivity index (χ1) is 19.7. The van der Waals surface area contributed by atoms with Crippen molar-refractivity contribution in [3.63, 3.8) is 0 Å². The molecule has 4 rings (SSSR count). The Bertz CT molecular complexity index is 1450. The number of amides is 1. The zero-order chi connectivity index (χ0) is 29.7. The van der Waals surface area contributed by atoms with Gasteiger partial charge in [0.25, 0.3) is 0 Å². The van der Waals surface area contributed by atoms with E-state index in [1.807, 2.05) is 42.3 Å². The molecule has 41 heavy (non-hydrogen) atoms. The van der Waals surface area contributed by atoms with Crippen molar-refractivity contribution in [3.8, 4) is 6.07 Å². The molecule has 1 fully saturated rings. The Labute approximate surface area is 244 Å². The predicted octanol–water partition coefficient (Wildman–Crippen LogP) is 5.83. The quantitative estimate of drug-likeness (QED) is 0.384. The van der Waals surface area contributed by atoms with Gasteiger partial charge in [0.15, 0.2) is 0 Å². The summed E-state index contributed by atoms with van der Waals surface area (Å²) in [6, 6.07) is 10.3. The molecule has 1 amide bonds. The number of hydrogen-bond donors (Lipinski definition) is 0. The minimum absolute atomic E-state index is 0.132. The van der Waals surface area contributed by atoms with Crippen molar-refractivity contribution in [1.29, 1.82) is 5.26 Å². The van der Waals surface area contributed by atoms with Crippen LogP contribution in [-0.2, 0) is 11.3 Å². The highest BCUT2D eigenvalue weighted by atomic mass is 16.2. The summed E-state index contributed by atoms with van der Waals surface area (Å²) in [5.74, 6) is 1.90. The van der Waals surface area contributed by atoms with Crippen LogP contribution in [0.25, 0.3) is 11.1 Å². The molecule has 0 aromatic carbocycles. The average Bonchev–Trinajstić information content (AvgIpc) is 3.16. The average molecular weight is 552 g/mol. The first kappa shape index (κ1) is 29.7. The number of aromatic nitrogens is 2. The highest BCUT2D eigenvalue weighted by Gasteiger charge is 2.41. The van der Waals surface area contributed by atoms with Gasteiger partial charge in [0.1, 0.15) is 23.4 Å². The molecule has 0 spiro atoms. The summed E-state index contributed by atoms with van der Waals surface area (Å²) < 4.78 is 0. The summed E-state index contributed by atoms with van der Waals surface area (Å²) >= 11 is 0. The fourth-order valence-corrected chi connectivity index (χ4v) is 5.62. The van der Waals surface area contributed by atoms with Crippen molar-refractivity contribution < 1.29 is 4.79 Å². The minimum Gasteiger partial charge on any atom is -0.353 e. The van der Waals surface area contributed by atoms with Gasteiger partial charge < -0.3 is 14.7 Å². The van der Waals surface area contributed by atoms with Crippen LogP contribution in [0.15, 0.2) is 60.0 Å². The van der Waals surface area contributed by atoms with Crippen LogP contribution in [0.5, 0.6) is 0 Å². The third-order valence-corrected chi connectivity index (χ3v) is 8.21. The second-order valence-corrected chi connectivity index (χ2v) is 11.0. The SMILES string of the molecule is C=C1c2ccc(C(/C=N\C(=C\CC)N3CCN(C(C)=O)C(CC)C3)=C/C)nc2N(Cc2cccnc2C#N)C1(C)C. The van der Waals surface area contributed by atoms with Crippen molar-refractivity contribution in [2.75, 3.05) is 24.5 Å². The molecule has 0 radical (unpaired) electrons. The van der Waals surface area contributed by atoms with Crippen LogP contribution in [0.1, 0.15) is 76.9 Å². The summed E-state index contributed by atoms with van der Waals surface area (Å²) in [4.78, 5) is 32.9. The maximum atomic E-state index is 12.1. The summed E-state index contributed by atoms with van der Waals surface area (Å²) in [5, 5.41) is 9.61. The minimum atomic E-state index is -0.379. The highest BCUT2D eigenvalue weighted by molar-refractivity contribution is 6.09. The maximum absolute atomic E-state index is 12.1. The molecular weight excluding hydrogens is 510 g/mol. The molecule has 8 nitrogen and oxygen atoms in total. The maximum Gasteiger partial charge on any atom is 0.219 e. The lowest BCUT2D eigenvalue weighted by Gasteiger charge is -2.41. The Morgan fingerprint density at radius 3 is 2.71 bits per heavy atom. The molecule has 8 heteroatoms. The predicted molar refractivity (Wildman–Crippen MR) is 166 cm³/mol. The third kappa shape index (κ3) is 5.95. The van der Waals surface area contributed by atoms with Crippen LogP contribution in [0.2, 0.25) is 0 Å². The molecule has 0 saturated carbocycles. The number of hydrogen-bond acceptors (Lipinski definition) is 7. The van der Waals surface area contributed by atoms with Crippen LogP contribution >= 0.6 is 0 Å². The van der Waals surface area contributed by atoms with Gasteiger partial charge in [0, 0.05) is 68.3 Å². The fourth-order valence-electron chi connectivity index (χ4n) is 5.62. The van der Waals surface area contributed by atoms with E-state index in [1.165, 1.54) is 0 Å². The summed E-state index contributed by atoms with van der Waals surface area (Å²) in [6.45, 7) is 19.3. The molecule has 214 valence electrons. The lowest BCUT2D eigenvalue weighted by molar-refractivity contribution is -0.133. The molecule has 4 heterocycles. The monoisotopic (exact) mass is 551 g/mol. The van der Waals surface area contributed by atoms with E-state index in [9.17, 15) is 10.1 Å². The van der Waals surface area contributed by atoms with Gasteiger partial charge in [-0.05, 0) is 63.5 Å². The fraction of sp³-hybridized carbons (Fsp3) is 0.424. The van der Waals surface area contributed by atoms with Crippen molar-refractivity contribution in [2.24, 2.45) is 4.99 Å². The van der Waals surface area contributed by atoms with Gasteiger partial charge >= 0.3 is 0 Å². The molecule has 1 unspecified atom stereocenters. The Morgan fingerprint density at radius 2 is 2.05 bits per heavy atom. The van der Waals surface area contributed by atoms with E-state index in [-0.39, 0.29) is 17.5 Å². The molecular formula is C33H41N7O. The summed E-state index contributed by atoms with van der Waals surface area (Å²) in [6.07, 6.45) is 9.48. The van der Waals surface area contributed by atoms with Gasteiger partial charge in [-0.3, -0.25) is 4.79 Å². The van der Waals surface area contributed by atoms with E-state index in [1.54, 1.807) is 13.1 Å². The Kier molecular flexibility index (Phi) is 9.07. The van der Waals surface area contributed by atoms with Gasteiger partial charge in [-0.1, -0.05) is 32.6 Å². The number of allylic oxidation sites excluding steroid dienone is 3. The first-order valence-corrected chi connectivity index (χ1v) is 14.4. The topological polar surface area (TPSA) is 88.7 Å². The van der Waals surface area contributed by atoms with Gasteiger partial charge in [-0.25, -0.2) is 15.0 Å². The Hall–Kier alpha value is -4.25. The number of aliphatic imine (C=N–C) groups is 1. The van der Waals surface area contributed by atoms with E-state index < -0.39 is 0 Å². The number of nitriles is 1. The Morgan fingerprint density at radius 1 is 1.27 bits per heavy atom. The summed E-state index contributed by atoms with van der Waals surface area (Å²) in [7, 11) is 0. The van der Waals surface area contributed by atoms with E-state index in [0.29, 0.717) is 18.8 Å². The van der Waals surface area contributed by atoms with Crippen LogP contribution in [0, 0.1) is 11.3 Å². The molecule has 1 atom stereocenters. The number of piperazine rings is 1. The molecule has 0 aliphatic carbocycles. The normalized spacial score (nSPS) is 19.1. The lowest BCUT2D eigenvalue weighted by Crippen LogP contribution is -2.53. The van der Waals surface area contributed by atoms with E-state index >= 15 is 0 Å². The number of fused-ring (bicyclic) bond motifs is 1. The second kappa shape index (κ2) is 12.5. The smallest absolute Gasteiger partial charge is 0.219 e. The van der Waals surface area contributed by atoms with Crippen LogP contribution in [-0.4, -0.2) is 63.1 Å².